The number of carbonyl (C=O) groups is 2. The van der Waals surface area contributed by atoms with Crippen molar-refractivity contribution in [2.75, 3.05) is 44.6 Å². The molecule has 11 nitrogen and oxygen atoms in total. The Bertz CT molecular complexity index is 1500. The number of nitrogens with zero attached hydrogens (tertiary/aromatic N) is 2. The highest BCUT2D eigenvalue weighted by Crippen LogP contribution is 2.38. The molecule has 0 radical (unpaired) electrons. The van der Waals surface area contributed by atoms with E-state index in [1.54, 1.807) is 57.8 Å². The second-order valence-corrected chi connectivity index (χ2v) is 9.90. The molecule has 4 aromatic rings. The van der Waals surface area contributed by atoms with Gasteiger partial charge in [0, 0.05) is 44.6 Å². The summed E-state index contributed by atoms with van der Waals surface area (Å²) in [5, 5.41) is 28.7. The van der Waals surface area contributed by atoms with Crippen LogP contribution in [-0.4, -0.2) is 60.0 Å². The Labute approximate surface area is 219 Å². The number of nitrogens with two attached hydrogens (primary N) is 1. The summed E-state index contributed by atoms with van der Waals surface area (Å²) in [5.41, 5.74) is 5.33. The Morgan fingerprint density at radius 2 is 1.27 bits per heavy atom. The van der Waals surface area contributed by atoms with Crippen molar-refractivity contribution in [3.63, 3.8) is 0 Å². The van der Waals surface area contributed by atoms with Crippen LogP contribution in [0.15, 0.2) is 50.7 Å². The summed E-state index contributed by atoms with van der Waals surface area (Å²) in [6, 6.07) is 8.95. The Kier molecular flexibility index (Phi) is 8.20. The third-order valence-corrected chi connectivity index (χ3v) is 6.71. The lowest BCUT2D eigenvalue weighted by Crippen LogP contribution is -2.35. The molecule has 0 bridgehead atoms. The third-order valence-electron chi connectivity index (χ3n) is 5.02. The van der Waals surface area contributed by atoms with Gasteiger partial charge in [-0.3, -0.25) is 19.2 Å². The molecule has 0 aliphatic heterocycles. The SMILES string of the molecule is CN(C)C(=O)c1csc(N)c1O.CN(C)C(=O)c1csc(Nc2c(Nc3ccccc3)c(=O)c2=O)c1O. The molecule has 0 spiro atoms. The molecule has 2 heterocycles. The minimum absolute atomic E-state index is 0.0647. The van der Waals surface area contributed by atoms with Gasteiger partial charge in [-0.1, -0.05) is 18.2 Å². The largest absolute Gasteiger partial charge is 0.504 e. The number of amides is 2. The van der Waals surface area contributed by atoms with Gasteiger partial charge in [0.25, 0.3) is 22.7 Å². The molecule has 2 aromatic heterocycles. The van der Waals surface area contributed by atoms with E-state index in [0.717, 1.165) is 22.7 Å². The number of hydrogen-bond donors (Lipinski definition) is 5. The third kappa shape index (κ3) is 5.73. The van der Waals surface area contributed by atoms with Crippen molar-refractivity contribution >= 4 is 61.6 Å². The molecule has 0 saturated heterocycles. The van der Waals surface area contributed by atoms with Crippen LogP contribution in [0, 0.1) is 0 Å². The van der Waals surface area contributed by atoms with Crippen molar-refractivity contribution in [2.45, 2.75) is 0 Å². The lowest BCUT2D eigenvalue weighted by Gasteiger charge is -2.14. The minimum atomic E-state index is -0.674. The zero-order chi connectivity index (χ0) is 27.4. The standard InChI is InChI=1S/C17H15N3O4S.C7H10N2O2S/c1-20(2)17(24)10-8-25-16(13(10)21)19-12-11(14(22)15(12)23)18-9-6-4-3-5-7-9;1-9(2)7(11)4-3-12-6(8)5(4)10/h3-8,18-19,21H,1-2H3;3,10H,8H2,1-2H3. The van der Waals surface area contributed by atoms with Gasteiger partial charge in [-0.25, -0.2) is 0 Å². The van der Waals surface area contributed by atoms with E-state index in [-0.39, 0.29) is 55.8 Å². The molecular formula is C24H25N5O6S2. The Morgan fingerprint density at radius 3 is 1.76 bits per heavy atom. The minimum Gasteiger partial charge on any atom is -0.504 e. The predicted octanol–water partition coefficient (Wildman–Crippen LogP) is 2.98. The highest BCUT2D eigenvalue weighted by molar-refractivity contribution is 7.15. The van der Waals surface area contributed by atoms with Gasteiger partial charge in [0.2, 0.25) is 0 Å². The van der Waals surface area contributed by atoms with Crippen LogP contribution in [0.1, 0.15) is 20.7 Å². The number of hydrogen-bond acceptors (Lipinski definition) is 11. The van der Waals surface area contributed by atoms with Crippen LogP contribution in [0.4, 0.5) is 27.1 Å². The van der Waals surface area contributed by atoms with E-state index in [1.807, 2.05) is 6.07 Å². The molecule has 0 aliphatic rings. The van der Waals surface area contributed by atoms with Gasteiger partial charge in [-0.2, -0.15) is 0 Å². The summed E-state index contributed by atoms with van der Waals surface area (Å²) >= 11 is 2.23. The fraction of sp³-hybridized carbons (Fsp3) is 0.167. The van der Waals surface area contributed by atoms with E-state index in [4.69, 9.17) is 5.73 Å². The fourth-order valence-electron chi connectivity index (χ4n) is 3.00. The van der Waals surface area contributed by atoms with Crippen LogP contribution < -0.4 is 27.2 Å². The Morgan fingerprint density at radius 1 is 0.784 bits per heavy atom. The summed E-state index contributed by atoms with van der Waals surface area (Å²) in [6.07, 6.45) is 0. The first-order valence-electron chi connectivity index (χ1n) is 10.7. The van der Waals surface area contributed by atoms with Crippen LogP contribution >= 0.6 is 22.7 Å². The predicted molar refractivity (Wildman–Crippen MR) is 147 cm³/mol. The molecule has 13 heteroatoms. The number of para-hydroxylation sites is 1. The maximum atomic E-state index is 12.0. The van der Waals surface area contributed by atoms with Crippen molar-refractivity contribution in [3.05, 3.63) is 72.7 Å². The maximum Gasteiger partial charge on any atom is 0.258 e. The van der Waals surface area contributed by atoms with Crippen LogP contribution in [-0.2, 0) is 0 Å². The van der Waals surface area contributed by atoms with E-state index in [0.29, 0.717) is 5.69 Å². The highest BCUT2D eigenvalue weighted by Gasteiger charge is 2.25. The lowest BCUT2D eigenvalue weighted by molar-refractivity contribution is 0.0818. The average molecular weight is 544 g/mol. The fourth-order valence-corrected chi connectivity index (χ4v) is 4.51. The number of benzene rings is 1. The number of anilines is 5. The summed E-state index contributed by atoms with van der Waals surface area (Å²) in [4.78, 5) is 49.7. The molecule has 0 fully saturated rings. The second kappa shape index (κ2) is 11.1. The Balaban J connectivity index is 0.000000266. The molecule has 0 saturated carbocycles. The first-order valence-corrected chi connectivity index (χ1v) is 12.4. The first-order chi connectivity index (χ1) is 17.4. The molecule has 2 amide bonds. The van der Waals surface area contributed by atoms with Crippen molar-refractivity contribution in [3.8, 4) is 11.5 Å². The summed E-state index contributed by atoms with van der Waals surface area (Å²) < 4.78 is 0. The molecule has 0 atom stereocenters. The Hall–Kier alpha value is -4.36. The number of rotatable bonds is 6. The topological polar surface area (TPSA) is 165 Å². The van der Waals surface area contributed by atoms with Crippen LogP contribution in [0.5, 0.6) is 11.5 Å². The summed E-state index contributed by atoms with van der Waals surface area (Å²) in [5.74, 6) is -0.948. The smallest absolute Gasteiger partial charge is 0.258 e. The van der Waals surface area contributed by atoms with Crippen LogP contribution in [0.3, 0.4) is 0 Å². The van der Waals surface area contributed by atoms with Crippen molar-refractivity contribution < 1.29 is 19.8 Å². The zero-order valence-electron chi connectivity index (χ0n) is 20.4. The molecule has 4 rings (SSSR count). The normalized spacial score (nSPS) is 10.4. The summed E-state index contributed by atoms with van der Waals surface area (Å²) in [7, 11) is 6.39. The number of carbonyl (C=O) groups excluding carboxylic acids is 2. The van der Waals surface area contributed by atoms with Gasteiger partial charge in [-0.15, -0.1) is 22.7 Å². The van der Waals surface area contributed by atoms with E-state index in [2.05, 4.69) is 10.6 Å². The van der Waals surface area contributed by atoms with Gasteiger partial charge in [0.05, 0.1) is 11.1 Å². The van der Waals surface area contributed by atoms with E-state index < -0.39 is 10.9 Å². The second-order valence-electron chi connectivity index (χ2n) is 8.11. The summed E-state index contributed by atoms with van der Waals surface area (Å²) in [6.45, 7) is 0. The number of nitrogen functional groups attached to an aromatic ring is 1. The molecule has 194 valence electrons. The van der Waals surface area contributed by atoms with Crippen molar-refractivity contribution in [1.29, 1.82) is 0 Å². The van der Waals surface area contributed by atoms with Crippen molar-refractivity contribution in [1.82, 2.24) is 9.80 Å². The molecule has 0 aliphatic carbocycles. The average Bonchev–Trinajstić information content (AvgIpc) is 3.41. The molecule has 37 heavy (non-hydrogen) atoms. The molecule has 0 unspecified atom stereocenters. The molecule has 6 N–H and O–H groups in total. The lowest BCUT2D eigenvalue weighted by atomic mass is 10.1. The van der Waals surface area contributed by atoms with Gasteiger partial charge >= 0.3 is 0 Å². The quantitative estimate of drug-likeness (QED) is 0.230. The van der Waals surface area contributed by atoms with E-state index >= 15 is 0 Å². The van der Waals surface area contributed by atoms with Gasteiger partial charge in [-0.05, 0) is 12.1 Å². The van der Waals surface area contributed by atoms with E-state index in [9.17, 15) is 29.4 Å². The molecular weight excluding hydrogens is 518 g/mol. The number of aromatic hydroxyl groups is 2. The number of thiophene rings is 2. The van der Waals surface area contributed by atoms with Crippen LogP contribution in [0.25, 0.3) is 0 Å². The highest BCUT2D eigenvalue weighted by atomic mass is 32.1. The maximum absolute atomic E-state index is 12.0. The monoisotopic (exact) mass is 543 g/mol. The van der Waals surface area contributed by atoms with Gasteiger partial charge in [0.15, 0.2) is 11.5 Å². The first kappa shape index (κ1) is 27.2. The number of nitrogens with one attached hydrogen (secondary N) is 2. The zero-order valence-corrected chi connectivity index (χ0v) is 22.0. The van der Waals surface area contributed by atoms with Crippen molar-refractivity contribution in [2.24, 2.45) is 0 Å². The van der Waals surface area contributed by atoms with Gasteiger partial charge < -0.3 is 36.4 Å². The van der Waals surface area contributed by atoms with Crippen LogP contribution in [0.2, 0.25) is 0 Å². The van der Waals surface area contributed by atoms with Gasteiger partial charge in [0.1, 0.15) is 21.4 Å². The molecule has 2 aromatic carbocycles. The van der Waals surface area contributed by atoms with E-state index in [1.165, 1.54) is 15.2 Å².